The van der Waals surface area contributed by atoms with Gasteiger partial charge in [-0.1, -0.05) is 72.3 Å². The fourth-order valence-electron chi connectivity index (χ4n) is 2.72. The average molecular weight is 359 g/mol. The van der Waals surface area contributed by atoms with Crippen molar-refractivity contribution in [3.8, 4) is 0 Å². The van der Waals surface area contributed by atoms with Gasteiger partial charge in [-0.3, -0.25) is 0 Å². The number of rotatable bonds is 6. The second-order valence-corrected chi connectivity index (χ2v) is 6.42. The second-order valence-electron chi connectivity index (χ2n) is 6.42. The molecule has 0 aromatic heterocycles. The predicted octanol–water partition coefficient (Wildman–Crippen LogP) is 4.25. The molecule has 4 nitrogen and oxygen atoms in total. The van der Waals surface area contributed by atoms with Gasteiger partial charge < -0.3 is 15.7 Å². The van der Waals surface area contributed by atoms with Crippen molar-refractivity contribution in [1.82, 2.24) is 5.32 Å². The molecule has 0 radical (unpaired) electrons. The summed E-state index contributed by atoms with van der Waals surface area (Å²) in [6, 6.07) is 26.2. The summed E-state index contributed by atoms with van der Waals surface area (Å²) in [4.78, 5) is 4.72. The summed E-state index contributed by atoms with van der Waals surface area (Å²) in [6.07, 6.45) is 0. The van der Waals surface area contributed by atoms with E-state index in [-0.39, 0.29) is 6.61 Å². The SMILES string of the molecule is Cc1ccc(CN=C(NCc2ccccc2CO)Nc2ccccc2)cc1. The Morgan fingerprint density at radius 1 is 0.852 bits per heavy atom. The van der Waals surface area contributed by atoms with E-state index in [2.05, 4.69) is 41.8 Å². The monoisotopic (exact) mass is 359 g/mol. The maximum absolute atomic E-state index is 9.52. The Morgan fingerprint density at radius 2 is 1.52 bits per heavy atom. The Labute approximate surface area is 160 Å². The van der Waals surface area contributed by atoms with Crippen molar-refractivity contribution in [2.75, 3.05) is 5.32 Å². The number of guanidine groups is 1. The Bertz CT molecular complexity index is 874. The summed E-state index contributed by atoms with van der Waals surface area (Å²) >= 11 is 0. The van der Waals surface area contributed by atoms with Gasteiger partial charge in [0.25, 0.3) is 0 Å². The van der Waals surface area contributed by atoms with E-state index in [9.17, 15) is 5.11 Å². The third-order valence-corrected chi connectivity index (χ3v) is 4.31. The molecule has 0 fully saturated rings. The molecule has 3 aromatic carbocycles. The van der Waals surface area contributed by atoms with Gasteiger partial charge in [-0.15, -0.1) is 0 Å². The van der Waals surface area contributed by atoms with Crippen LogP contribution in [0.4, 0.5) is 5.69 Å². The smallest absolute Gasteiger partial charge is 0.196 e. The third-order valence-electron chi connectivity index (χ3n) is 4.31. The van der Waals surface area contributed by atoms with Gasteiger partial charge in [0.15, 0.2) is 5.96 Å². The van der Waals surface area contributed by atoms with Crippen molar-refractivity contribution < 1.29 is 5.11 Å². The molecule has 3 N–H and O–H groups in total. The highest BCUT2D eigenvalue weighted by Gasteiger charge is 2.04. The Kier molecular flexibility index (Phi) is 6.61. The van der Waals surface area contributed by atoms with E-state index < -0.39 is 0 Å². The van der Waals surface area contributed by atoms with E-state index in [0.29, 0.717) is 19.0 Å². The van der Waals surface area contributed by atoms with Crippen molar-refractivity contribution in [2.24, 2.45) is 4.99 Å². The fourth-order valence-corrected chi connectivity index (χ4v) is 2.72. The first-order valence-corrected chi connectivity index (χ1v) is 9.08. The minimum atomic E-state index is 0.0276. The molecule has 0 bridgehead atoms. The van der Waals surface area contributed by atoms with Gasteiger partial charge in [0.1, 0.15) is 0 Å². The van der Waals surface area contributed by atoms with Crippen LogP contribution in [0.5, 0.6) is 0 Å². The van der Waals surface area contributed by atoms with E-state index in [1.807, 2.05) is 54.6 Å². The van der Waals surface area contributed by atoms with E-state index in [1.165, 1.54) is 5.56 Å². The number of aliphatic hydroxyl groups is 1. The van der Waals surface area contributed by atoms with E-state index >= 15 is 0 Å². The van der Waals surface area contributed by atoms with Gasteiger partial charge in [-0.05, 0) is 35.7 Å². The lowest BCUT2D eigenvalue weighted by atomic mass is 10.1. The van der Waals surface area contributed by atoms with Crippen molar-refractivity contribution in [3.05, 3.63) is 101 Å². The van der Waals surface area contributed by atoms with Crippen molar-refractivity contribution in [3.63, 3.8) is 0 Å². The van der Waals surface area contributed by atoms with Gasteiger partial charge >= 0.3 is 0 Å². The quantitative estimate of drug-likeness (QED) is 0.456. The molecule has 0 saturated heterocycles. The Hall–Kier alpha value is -3.11. The molecule has 0 amide bonds. The number of nitrogens with one attached hydrogen (secondary N) is 2. The minimum Gasteiger partial charge on any atom is -0.392 e. The number of hydrogen-bond acceptors (Lipinski definition) is 2. The molecule has 138 valence electrons. The highest BCUT2D eigenvalue weighted by Crippen LogP contribution is 2.10. The molecule has 0 saturated carbocycles. The first kappa shape index (κ1) is 18.7. The van der Waals surface area contributed by atoms with Crippen LogP contribution in [0.1, 0.15) is 22.3 Å². The van der Waals surface area contributed by atoms with Crippen LogP contribution in [0, 0.1) is 6.92 Å². The van der Waals surface area contributed by atoms with Gasteiger partial charge in [0.2, 0.25) is 0 Å². The second kappa shape index (κ2) is 9.55. The molecule has 0 atom stereocenters. The highest BCUT2D eigenvalue weighted by molar-refractivity contribution is 5.93. The maximum atomic E-state index is 9.52. The number of anilines is 1. The van der Waals surface area contributed by atoms with Crippen LogP contribution in [0.25, 0.3) is 0 Å². The van der Waals surface area contributed by atoms with Gasteiger partial charge in [0, 0.05) is 12.2 Å². The average Bonchev–Trinajstić information content (AvgIpc) is 2.72. The van der Waals surface area contributed by atoms with Crippen LogP contribution in [-0.4, -0.2) is 11.1 Å². The molecule has 0 unspecified atom stereocenters. The Morgan fingerprint density at radius 3 is 2.22 bits per heavy atom. The molecule has 0 spiro atoms. The summed E-state index contributed by atoms with van der Waals surface area (Å²) in [7, 11) is 0. The van der Waals surface area contributed by atoms with E-state index in [1.54, 1.807) is 0 Å². The number of para-hydroxylation sites is 1. The Balaban J connectivity index is 1.74. The summed E-state index contributed by atoms with van der Waals surface area (Å²) < 4.78 is 0. The van der Waals surface area contributed by atoms with Crippen LogP contribution >= 0.6 is 0 Å². The lowest BCUT2D eigenvalue weighted by Crippen LogP contribution is -2.30. The number of nitrogens with zero attached hydrogens (tertiary/aromatic N) is 1. The predicted molar refractivity (Wildman–Crippen MR) is 112 cm³/mol. The molecule has 3 aromatic rings. The number of aliphatic imine (C=N–C) groups is 1. The molecule has 0 heterocycles. The summed E-state index contributed by atoms with van der Waals surface area (Å²) in [5.41, 5.74) is 5.35. The zero-order valence-corrected chi connectivity index (χ0v) is 15.5. The fraction of sp³-hybridized carbons (Fsp3) is 0.174. The molecule has 0 aliphatic heterocycles. The summed E-state index contributed by atoms with van der Waals surface area (Å²) in [6.45, 7) is 3.28. The van der Waals surface area contributed by atoms with Crippen LogP contribution in [-0.2, 0) is 19.7 Å². The van der Waals surface area contributed by atoms with Crippen molar-refractivity contribution >= 4 is 11.6 Å². The lowest BCUT2D eigenvalue weighted by molar-refractivity contribution is 0.280. The first-order valence-electron chi connectivity index (χ1n) is 9.08. The molecular formula is C23H25N3O. The maximum Gasteiger partial charge on any atom is 0.196 e. The van der Waals surface area contributed by atoms with Crippen LogP contribution in [0.2, 0.25) is 0 Å². The zero-order chi connectivity index (χ0) is 18.9. The van der Waals surface area contributed by atoms with Crippen LogP contribution in [0.3, 0.4) is 0 Å². The molecular weight excluding hydrogens is 334 g/mol. The van der Waals surface area contributed by atoms with Gasteiger partial charge in [-0.25, -0.2) is 4.99 Å². The summed E-state index contributed by atoms with van der Waals surface area (Å²) in [5, 5.41) is 16.2. The number of hydrogen-bond donors (Lipinski definition) is 3. The lowest BCUT2D eigenvalue weighted by Gasteiger charge is -2.14. The minimum absolute atomic E-state index is 0.0276. The van der Waals surface area contributed by atoms with Crippen molar-refractivity contribution in [2.45, 2.75) is 26.6 Å². The molecule has 4 heteroatoms. The molecule has 27 heavy (non-hydrogen) atoms. The third kappa shape index (κ3) is 5.69. The number of benzene rings is 3. The van der Waals surface area contributed by atoms with E-state index in [4.69, 9.17) is 4.99 Å². The van der Waals surface area contributed by atoms with Gasteiger partial charge in [0.05, 0.1) is 13.2 Å². The number of aliphatic hydroxyl groups excluding tert-OH is 1. The van der Waals surface area contributed by atoms with Crippen LogP contribution < -0.4 is 10.6 Å². The van der Waals surface area contributed by atoms with Gasteiger partial charge in [-0.2, -0.15) is 0 Å². The standard InChI is InChI=1S/C23H25N3O/c1-18-11-13-19(14-12-18)15-24-23(26-22-9-3-2-4-10-22)25-16-20-7-5-6-8-21(20)17-27/h2-14,27H,15-17H2,1H3,(H2,24,25,26). The molecule has 0 aliphatic carbocycles. The van der Waals surface area contributed by atoms with Crippen LogP contribution in [0.15, 0.2) is 83.9 Å². The largest absolute Gasteiger partial charge is 0.392 e. The highest BCUT2D eigenvalue weighted by atomic mass is 16.3. The first-order chi connectivity index (χ1) is 13.2. The van der Waals surface area contributed by atoms with Crippen molar-refractivity contribution in [1.29, 1.82) is 0 Å². The molecule has 0 aliphatic rings. The molecule has 3 rings (SSSR count). The topological polar surface area (TPSA) is 56.7 Å². The number of aryl methyl sites for hydroxylation is 1. The zero-order valence-electron chi connectivity index (χ0n) is 15.5. The normalized spacial score (nSPS) is 11.3. The summed E-state index contributed by atoms with van der Waals surface area (Å²) in [5.74, 6) is 0.703. The van der Waals surface area contributed by atoms with E-state index in [0.717, 1.165) is 22.4 Å².